The van der Waals surface area contributed by atoms with E-state index in [-0.39, 0.29) is 28.5 Å². The Morgan fingerprint density at radius 3 is 2.78 bits per heavy atom. The Labute approximate surface area is 138 Å². The molecule has 0 unspecified atom stereocenters. The van der Waals surface area contributed by atoms with Crippen molar-refractivity contribution in [3.8, 4) is 0 Å². The predicted molar refractivity (Wildman–Crippen MR) is 88.7 cm³/mol. The molecular formula is C17H14ClN3O2. The second kappa shape index (κ2) is 5.35. The molecule has 2 aromatic rings. The molecule has 0 bridgehead atoms. The summed E-state index contributed by atoms with van der Waals surface area (Å²) in [5.41, 5.74) is 2.63. The number of hydrogen-bond donors (Lipinski definition) is 1. The van der Waals surface area contributed by atoms with E-state index < -0.39 is 0 Å². The zero-order valence-corrected chi connectivity index (χ0v) is 12.9. The van der Waals surface area contributed by atoms with Crippen molar-refractivity contribution < 1.29 is 4.92 Å². The number of nitro benzene ring substituents is 1. The Hall–Kier alpha value is -2.40. The molecule has 5 nitrogen and oxygen atoms in total. The Kier molecular flexibility index (Phi) is 3.31. The fourth-order valence-corrected chi connectivity index (χ4v) is 3.93. The number of halogens is 1. The number of fused-ring (bicyclic) bond motifs is 3. The minimum absolute atomic E-state index is 0.00325. The van der Waals surface area contributed by atoms with Gasteiger partial charge in [0, 0.05) is 24.4 Å². The second-order valence-corrected chi connectivity index (χ2v) is 6.28. The van der Waals surface area contributed by atoms with Crippen LogP contribution < -0.4 is 5.32 Å². The molecular weight excluding hydrogens is 314 g/mol. The summed E-state index contributed by atoms with van der Waals surface area (Å²) in [6, 6.07) is 7.10. The summed E-state index contributed by atoms with van der Waals surface area (Å²) in [5.74, 6) is 0.241. The minimum Gasteiger partial charge on any atom is -0.376 e. The van der Waals surface area contributed by atoms with Gasteiger partial charge in [0.2, 0.25) is 0 Å². The lowest BCUT2D eigenvalue weighted by molar-refractivity contribution is -0.385. The number of anilines is 1. The van der Waals surface area contributed by atoms with Crippen molar-refractivity contribution in [2.24, 2.45) is 5.92 Å². The van der Waals surface area contributed by atoms with Gasteiger partial charge in [-0.1, -0.05) is 23.8 Å². The summed E-state index contributed by atoms with van der Waals surface area (Å²) in [4.78, 5) is 15.2. The molecule has 1 aliphatic heterocycles. The van der Waals surface area contributed by atoms with Crippen LogP contribution in [0, 0.1) is 16.0 Å². The second-order valence-electron chi connectivity index (χ2n) is 5.87. The average Bonchev–Trinajstić information content (AvgIpc) is 3.05. The van der Waals surface area contributed by atoms with Gasteiger partial charge in [-0.05, 0) is 36.1 Å². The normalized spacial score (nSPS) is 24.7. The van der Waals surface area contributed by atoms with Crippen LogP contribution in [0.5, 0.6) is 0 Å². The summed E-state index contributed by atoms with van der Waals surface area (Å²) in [7, 11) is 0. The fourth-order valence-electron chi connectivity index (χ4n) is 3.71. The monoisotopic (exact) mass is 327 g/mol. The highest BCUT2D eigenvalue weighted by molar-refractivity contribution is 6.33. The molecule has 0 fully saturated rings. The summed E-state index contributed by atoms with van der Waals surface area (Å²) in [5, 5.41) is 15.4. The van der Waals surface area contributed by atoms with Crippen molar-refractivity contribution in [1.82, 2.24) is 4.98 Å². The van der Waals surface area contributed by atoms with Crippen molar-refractivity contribution >= 4 is 23.0 Å². The fraction of sp³-hybridized carbons (Fsp3) is 0.235. The number of benzene rings is 1. The predicted octanol–water partition coefficient (Wildman–Crippen LogP) is 4.47. The Morgan fingerprint density at radius 2 is 2.04 bits per heavy atom. The third kappa shape index (κ3) is 2.19. The quantitative estimate of drug-likeness (QED) is 0.502. The summed E-state index contributed by atoms with van der Waals surface area (Å²) >= 11 is 6.34. The maximum absolute atomic E-state index is 11.4. The van der Waals surface area contributed by atoms with Gasteiger partial charge >= 0.3 is 0 Å². The van der Waals surface area contributed by atoms with E-state index in [2.05, 4.69) is 22.5 Å². The molecule has 1 N–H and O–H groups in total. The molecule has 1 aliphatic carbocycles. The van der Waals surface area contributed by atoms with Gasteiger partial charge < -0.3 is 5.32 Å². The highest BCUT2D eigenvalue weighted by atomic mass is 35.5. The molecule has 3 atom stereocenters. The maximum Gasteiger partial charge on any atom is 0.275 e. The first-order chi connectivity index (χ1) is 11.2. The van der Waals surface area contributed by atoms with Crippen molar-refractivity contribution in [3.63, 3.8) is 0 Å². The number of rotatable bonds is 2. The van der Waals surface area contributed by atoms with E-state index in [1.165, 1.54) is 6.07 Å². The summed E-state index contributed by atoms with van der Waals surface area (Å²) in [6.07, 6.45) is 8.58. The van der Waals surface area contributed by atoms with E-state index in [1.807, 2.05) is 12.1 Å². The largest absolute Gasteiger partial charge is 0.376 e. The topological polar surface area (TPSA) is 68.1 Å². The Balaban J connectivity index is 1.89. The number of nitrogens with one attached hydrogen (secondary N) is 1. The van der Waals surface area contributed by atoms with Gasteiger partial charge in [0.15, 0.2) is 0 Å². The van der Waals surface area contributed by atoms with E-state index in [9.17, 15) is 10.1 Å². The van der Waals surface area contributed by atoms with Crippen LogP contribution in [-0.4, -0.2) is 9.91 Å². The van der Waals surface area contributed by atoms with Crippen LogP contribution in [-0.2, 0) is 0 Å². The maximum atomic E-state index is 11.4. The third-order valence-electron chi connectivity index (χ3n) is 4.71. The van der Waals surface area contributed by atoms with Crippen LogP contribution in [0.25, 0.3) is 0 Å². The lowest BCUT2D eigenvalue weighted by atomic mass is 9.76. The van der Waals surface area contributed by atoms with Gasteiger partial charge in [0.25, 0.3) is 5.69 Å². The molecule has 116 valence electrons. The number of hydrogen-bond acceptors (Lipinski definition) is 4. The Morgan fingerprint density at radius 1 is 1.26 bits per heavy atom. The number of nitro groups is 1. The molecule has 1 aromatic heterocycles. The lowest BCUT2D eigenvalue weighted by Crippen LogP contribution is -2.29. The molecule has 23 heavy (non-hydrogen) atoms. The smallest absolute Gasteiger partial charge is 0.275 e. The standard InChI is InChI=1S/C17H14ClN3O2/c18-13-4-5-14(21(22)23)15-11-2-1-3-12(11)16(20-17(13)15)10-6-8-19-9-7-10/h1-2,4-9,11-12,16,20H,3H2/t11-,12-,16+/m1/s1. The molecule has 4 rings (SSSR count). The zero-order valence-electron chi connectivity index (χ0n) is 12.1. The average molecular weight is 328 g/mol. The van der Waals surface area contributed by atoms with Crippen LogP contribution in [0.2, 0.25) is 5.02 Å². The number of pyridine rings is 1. The van der Waals surface area contributed by atoms with Crippen LogP contribution in [0.15, 0.2) is 48.8 Å². The SMILES string of the molecule is O=[N+]([O-])c1ccc(Cl)c2c1[C@@H]1C=CC[C@H]1[C@H](c1ccncc1)N2. The van der Waals surface area contributed by atoms with Crippen LogP contribution >= 0.6 is 11.6 Å². The van der Waals surface area contributed by atoms with Crippen LogP contribution in [0.4, 0.5) is 11.4 Å². The van der Waals surface area contributed by atoms with Gasteiger partial charge in [-0.3, -0.25) is 15.1 Å². The number of nitrogens with zero attached hydrogens (tertiary/aromatic N) is 2. The van der Waals surface area contributed by atoms with Gasteiger partial charge in [-0.15, -0.1) is 0 Å². The number of aromatic nitrogens is 1. The molecule has 2 heterocycles. The van der Waals surface area contributed by atoms with Crippen LogP contribution in [0.1, 0.15) is 29.5 Å². The molecule has 0 spiro atoms. The summed E-state index contributed by atoms with van der Waals surface area (Å²) < 4.78 is 0. The van der Waals surface area contributed by atoms with E-state index in [4.69, 9.17) is 11.6 Å². The van der Waals surface area contributed by atoms with E-state index in [0.717, 1.165) is 12.0 Å². The van der Waals surface area contributed by atoms with Crippen molar-refractivity contribution in [3.05, 3.63) is 75.1 Å². The highest BCUT2D eigenvalue weighted by Crippen LogP contribution is 2.54. The minimum atomic E-state index is -0.327. The molecule has 6 heteroatoms. The van der Waals surface area contributed by atoms with Gasteiger partial charge in [-0.2, -0.15) is 0 Å². The molecule has 0 saturated heterocycles. The molecule has 0 amide bonds. The first-order valence-corrected chi connectivity index (χ1v) is 7.84. The third-order valence-corrected chi connectivity index (χ3v) is 5.02. The summed E-state index contributed by atoms with van der Waals surface area (Å²) in [6.45, 7) is 0. The highest BCUT2D eigenvalue weighted by Gasteiger charge is 2.42. The van der Waals surface area contributed by atoms with E-state index >= 15 is 0 Å². The van der Waals surface area contributed by atoms with E-state index in [0.29, 0.717) is 16.3 Å². The van der Waals surface area contributed by atoms with Crippen molar-refractivity contribution in [2.75, 3.05) is 5.32 Å². The van der Waals surface area contributed by atoms with Crippen molar-refractivity contribution in [2.45, 2.75) is 18.4 Å². The lowest BCUT2D eigenvalue weighted by Gasteiger charge is -2.37. The molecule has 1 aromatic carbocycles. The van der Waals surface area contributed by atoms with E-state index in [1.54, 1.807) is 18.5 Å². The molecule has 0 radical (unpaired) electrons. The van der Waals surface area contributed by atoms with Gasteiger partial charge in [-0.25, -0.2) is 0 Å². The van der Waals surface area contributed by atoms with Gasteiger partial charge in [0.1, 0.15) is 0 Å². The first kappa shape index (κ1) is 14.2. The zero-order chi connectivity index (χ0) is 16.0. The van der Waals surface area contributed by atoms with Crippen molar-refractivity contribution in [1.29, 1.82) is 0 Å². The first-order valence-electron chi connectivity index (χ1n) is 7.46. The Bertz CT molecular complexity index is 807. The van der Waals surface area contributed by atoms with Crippen LogP contribution in [0.3, 0.4) is 0 Å². The number of allylic oxidation sites excluding steroid dienone is 2. The molecule has 0 saturated carbocycles. The molecule has 2 aliphatic rings. The van der Waals surface area contributed by atoms with Gasteiger partial charge in [0.05, 0.1) is 27.2 Å².